The number of piperidine rings is 1. The molecule has 4 heteroatoms. The SMILES string of the molecule is CN1CCC(N(C)c2ccccc2CN(C)[C@H]2CCSC2)CC1. The number of benzene rings is 1. The summed E-state index contributed by atoms with van der Waals surface area (Å²) >= 11 is 2.10. The van der Waals surface area contributed by atoms with E-state index in [2.05, 4.69) is 71.9 Å². The Bertz CT molecular complexity index is 493. The standard InChI is InChI=1S/C19H31N3S/c1-20-11-8-17(9-12-20)22(3)19-7-5-4-6-16(19)14-21(2)18-10-13-23-15-18/h4-7,17-18H,8-15H2,1-3H3/t18-/m0/s1. The van der Waals surface area contributed by atoms with Crippen LogP contribution in [0.4, 0.5) is 5.69 Å². The van der Waals surface area contributed by atoms with Crippen LogP contribution in [0.25, 0.3) is 0 Å². The molecule has 0 aliphatic carbocycles. The van der Waals surface area contributed by atoms with Gasteiger partial charge in [0.15, 0.2) is 0 Å². The van der Waals surface area contributed by atoms with Gasteiger partial charge in [-0.1, -0.05) is 18.2 Å². The smallest absolute Gasteiger partial charge is 0.0411 e. The summed E-state index contributed by atoms with van der Waals surface area (Å²) in [6.07, 6.45) is 3.89. The van der Waals surface area contributed by atoms with Crippen molar-refractivity contribution in [1.29, 1.82) is 0 Å². The number of rotatable bonds is 5. The van der Waals surface area contributed by atoms with Crippen LogP contribution in [0, 0.1) is 0 Å². The van der Waals surface area contributed by atoms with Gasteiger partial charge in [0.25, 0.3) is 0 Å². The molecule has 1 aromatic carbocycles. The maximum absolute atomic E-state index is 2.56. The van der Waals surface area contributed by atoms with Crippen LogP contribution in [-0.4, -0.2) is 67.6 Å². The highest BCUT2D eigenvalue weighted by Crippen LogP contribution is 2.28. The molecular formula is C19H31N3S. The van der Waals surface area contributed by atoms with E-state index in [1.807, 2.05) is 0 Å². The number of hydrogen-bond donors (Lipinski definition) is 0. The van der Waals surface area contributed by atoms with Crippen LogP contribution in [0.5, 0.6) is 0 Å². The molecule has 0 radical (unpaired) electrons. The zero-order chi connectivity index (χ0) is 16.2. The van der Waals surface area contributed by atoms with Crippen molar-refractivity contribution in [1.82, 2.24) is 9.80 Å². The van der Waals surface area contributed by atoms with Gasteiger partial charge >= 0.3 is 0 Å². The molecular weight excluding hydrogens is 302 g/mol. The lowest BCUT2D eigenvalue weighted by Gasteiger charge is -2.37. The number of thioether (sulfide) groups is 1. The third-order valence-corrected chi connectivity index (χ3v) is 6.70. The van der Waals surface area contributed by atoms with Crippen molar-refractivity contribution in [3.05, 3.63) is 29.8 Å². The van der Waals surface area contributed by atoms with Crippen LogP contribution in [0.3, 0.4) is 0 Å². The molecule has 2 aliphatic rings. The van der Waals surface area contributed by atoms with E-state index in [0.717, 1.165) is 12.6 Å². The molecule has 2 aliphatic heterocycles. The van der Waals surface area contributed by atoms with Crippen molar-refractivity contribution < 1.29 is 0 Å². The first-order valence-electron chi connectivity index (χ1n) is 8.92. The van der Waals surface area contributed by atoms with Crippen LogP contribution < -0.4 is 4.90 Å². The van der Waals surface area contributed by atoms with E-state index in [4.69, 9.17) is 0 Å². The Morgan fingerprint density at radius 1 is 1.09 bits per heavy atom. The number of hydrogen-bond acceptors (Lipinski definition) is 4. The molecule has 2 saturated heterocycles. The van der Waals surface area contributed by atoms with E-state index in [9.17, 15) is 0 Å². The Morgan fingerprint density at radius 2 is 1.83 bits per heavy atom. The Kier molecular flexibility index (Phi) is 5.89. The topological polar surface area (TPSA) is 9.72 Å². The zero-order valence-corrected chi connectivity index (χ0v) is 15.7. The zero-order valence-electron chi connectivity index (χ0n) is 14.9. The van der Waals surface area contributed by atoms with Crippen molar-refractivity contribution in [3.8, 4) is 0 Å². The average Bonchev–Trinajstić information content (AvgIpc) is 3.10. The van der Waals surface area contributed by atoms with E-state index in [1.54, 1.807) is 0 Å². The molecule has 0 N–H and O–H groups in total. The summed E-state index contributed by atoms with van der Waals surface area (Å²) in [6, 6.07) is 10.4. The summed E-state index contributed by atoms with van der Waals surface area (Å²) in [4.78, 5) is 7.54. The molecule has 1 aromatic rings. The van der Waals surface area contributed by atoms with Gasteiger partial charge in [-0.25, -0.2) is 0 Å². The molecule has 23 heavy (non-hydrogen) atoms. The van der Waals surface area contributed by atoms with Crippen molar-refractivity contribution in [3.63, 3.8) is 0 Å². The first kappa shape index (κ1) is 17.1. The summed E-state index contributed by atoms with van der Waals surface area (Å²) in [5.74, 6) is 2.62. The van der Waals surface area contributed by atoms with Gasteiger partial charge in [-0.3, -0.25) is 4.90 Å². The lowest BCUT2D eigenvalue weighted by molar-refractivity contribution is 0.249. The summed E-state index contributed by atoms with van der Waals surface area (Å²) in [5, 5.41) is 0. The first-order chi connectivity index (χ1) is 11.1. The van der Waals surface area contributed by atoms with E-state index in [-0.39, 0.29) is 0 Å². The number of anilines is 1. The van der Waals surface area contributed by atoms with Crippen LogP contribution >= 0.6 is 11.8 Å². The van der Waals surface area contributed by atoms with Gasteiger partial charge in [0.2, 0.25) is 0 Å². The van der Waals surface area contributed by atoms with Crippen molar-refractivity contribution in [2.24, 2.45) is 0 Å². The number of likely N-dealkylation sites (tertiary alicyclic amines) is 1. The third-order valence-electron chi connectivity index (χ3n) is 5.56. The lowest BCUT2D eigenvalue weighted by atomic mass is 10.0. The maximum atomic E-state index is 2.56. The molecule has 3 rings (SSSR count). The average molecular weight is 334 g/mol. The van der Waals surface area contributed by atoms with Crippen LogP contribution in [0.1, 0.15) is 24.8 Å². The Labute approximate surface area is 146 Å². The molecule has 0 saturated carbocycles. The molecule has 0 unspecified atom stereocenters. The van der Waals surface area contributed by atoms with Crippen LogP contribution in [0.2, 0.25) is 0 Å². The minimum absolute atomic E-state index is 0.680. The predicted octanol–water partition coefficient (Wildman–Crippen LogP) is 3.15. The lowest BCUT2D eigenvalue weighted by Crippen LogP contribution is -2.42. The molecule has 0 bridgehead atoms. The second kappa shape index (κ2) is 7.91. The Balaban J connectivity index is 1.69. The van der Waals surface area contributed by atoms with Crippen molar-refractivity contribution in [2.75, 3.05) is 50.6 Å². The van der Waals surface area contributed by atoms with E-state index >= 15 is 0 Å². The van der Waals surface area contributed by atoms with Gasteiger partial charge in [-0.15, -0.1) is 0 Å². The molecule has 2 heterocycles. The summed E-state index contributed by atoms with van der Waals surface area (Å²) in [5.41, 5.74) is 2.91. The highest BCUT2D eigenvalue weighted by Gasteiger charge is 2.24. The molecule has 1 atom stereocenters. The normalized spacial score (nSPS) is 23.6. The monoisotopic (exact) mass is 333 g/mol. The summed E-state index contributed by atoms with van der Waals surface area (Å²) in [7, 11) is 6.82. The minimum atomic E-state index is 0.680. The van der Waals surface area contributed by atoms with Crippen molar-refractivity contribution in [2.45, 2.75) is 37.9 Å². The van der Waals surface area contributed by atoms with Gasteiger partial charge < -0.3 is 9.80 Å². The summed E-state index contributed by atoms with van der Waals surface area (Å²) in [6.45, 7) is 3.51. The van der Waals surface area contributed by atoms with Gasteiger partial charge in [0, 0.05) is 37.1 Å². The third kappa shape index (κ3) is 4.23. The quantitative estimate of drug-likeness (QED) is 0.818. The fourth-order valence-corrected chi connectivity index (χ4v) is 5.13. The van der Waals surface area contributed by atoms with Gasteiger partial charge in [-0.2, -0.15) is 11.8 Å². The predicted molar refractivity (Wildman–Crippen MR) is 103 cm³/mol. The van der Waals surface area contributed by atoms with Crippen molar-refractivity contribution >= 4 is 17.4 Å². The Morgan fingerprint density at radius 3 is 2.52 bits per heavy atom. The number of nitrogens with zero attached hydrogens (tertiary/aromatic N) is 3. The molecule has 3 nitrogen and oxygen atoms in total. The van der Waals surface area contributed by atoms with Gasteiger partial charge in [0.05, 0.1) is 0 Å². The largest absolute Gasteiger partial charge is 0.371 e. The van der Waals surface area contributed by atoms with E-state index < -0.39 is 0 Å². The van der Waals surface area contributed by atoms with E-state index in [0.29, 0.717) is 6.04 Å². The number of para-hydroxylation sites is 1. The fourth-order valence-electron chi connectivity index (χ4n) is 3.84. The molecule has 0 amide bonds. The molecule has 2 fully saturated rings. The van der Waals surface area contributed by atoms with Gasteiger partial charge in [0.1, 0.15) is 0 Å². The minimum Gasteiger partial charge on any atom is -0.371 e. The second-order valence-electron chi connectivity index (χ2n) is 7.21. The maximum Gasteiger partial charge on any atom is 0.0411 e. The molecule has 0 spiro atoms. The molecule has 0 aromatic heterocycles. The fraction of sp³-hybridized carbons (Fsp3) is 0.684. The van der Waals surface area contributed by atoms with Crippen LogP contribution in [-0.2, 0) is 6.54 Å². The van der Waals surface area contributed by atoms with Crippen LogP contribution in [0.15, 0.2) is 24.3 Å². The highest BCUT2D eigenvalue weighted by atomic mass is 32.2. The summed E-state index contributed by atoms with van der Waals surface area (Å²) < 4.78 is 0. The van der Waals surface area contributed by atoms with E-state index in [1.165, 1.54) is 55.1 Å². The highest BCUT2D eigenvalue weighted by molar-refractivity contribution is 7.99. The second-order valence-corrected chi connectivity index (χ2v) is 8.36. The molecule has 128 valence electrons. The first-order valence-corrected chi connectivity index (χ1v) is 10.1. The Hall–Kier alpha value is -0.710. The van der Waals surface area contributed by atoms with Gasteiger partial charge in [-0.05, 0) is 63.8 Å².